The normalized spacial score (nSPS) is 11.8. The molecule has 0 saturated carbocycles. The molecule has 3 aromatic rings. The summed E-state index contributed by atoms with van der Waals surface area (Å²) in [7, 11) is 0. The molecule has 0 aliphatic rings. The number of nitrogens with zero attached hydrogens (tertiary/aromatic N) is 2. The maximum Gasteiger partial charge on any atom is 0.291 e. The molecule has 7 nitrogen and oxygen atoms in total. The molecular weight excluding hydrogens is 344 g/mol. The molecule has 0 fully saturated rings. The highest BCUT2D eigenvalue weighted by Gasteiger charge is 2.15. The van der Waals surface area contributed by atoms with E-state index >= 15 is 0 Å². The monoisotopic (exact) mass is 366 g/mol. The lowest BCUT2D eigenvalue weighted by Crippen LogP contribution is -2.18. The van der Waals surface area contributed by atoms with E-state index in [9.17, 15) is 9.59 Å². The molecule has 0 saturated heterocycles. The summed E-state index contributed by atoms with van der Waals surface area (Å²) in [6.07, 6.45) is 4.02. The van der Waals surface area contributed by atoms with Gasteiger partial charge in [0.1, 0.15) is 5.82 Å². The highest BCUT2D eigenvalue weighted by Crippen LogP contribution is 2.20. The Morgan fingerprint density at radius 2 is 2.00 bits per heavy atom. The Kier molecular flexibility index (Phi) is 5.40. The highest BCUT2D eigenvalue weighted by atomic mass is 16.3. The van der Waals surface area contributed by atoms with Gasteiger partial charge in [0.25, 0.3) is 11.8 Å². The van der Waals surface area contributed by atoms with Crippen molar-refractivity contribution < 1.29 is 14.0 Å². The van der Waals surface area contributed by atoms with Crippen LogP contribution in [0, 0.1) is 6.92 Å². The van der Waals surface area contributed by atoms with Gasteiger partial charge in [-0.2, -0.15) is 5.10 Å². The predicted octanol–water partition coefficient (Wildman–Crippen LogP) is 4.26. The quantitative estimate of drug-likeness (QED) is 0.682. The number of aromatic nitrogens is 2. The number of furan rings is 1. The van der Waals surface area contributed by atoms with Crippen LogP contribution in [-0.4, -0.2) is 21.6 Å². The molecule has 2 N–H and O–H groups in total. The zero-order valence-corrected chi connectivity index (χ0v) is 15.5. The molecule has 3 rings (SSSR count). The minimum atomic E-state index is -0.335. The largest absolute Gasteiger partial charge is 0.459 e. The molecule has 0 radical (unpaired) electrons. The van der Waals surface area contributed by atoms with Crippen molar-refractivity contribution in [3.05, 3.63) is 65.7 Å². The maximum absolute atomic E-state index is 12.6. The SMILES string of the molecule is CC[C@@H](C)n1nccc1NC(=O)c1ccc(NC(=O)c2ccco2)c(C)c1. The van der Waals surface area contributed by atoms with Crippen LogP contribution in [0.5, 0.6) is 0 Å². The van der Waals surface area contributed by atoms with Crippen molar-refractivity contribution in [3.63, 3.8) is 0 Å². The van der Waals surface area contributed by atoms with Crippen LogP contribution in [-0.2, 0) is 0 Å². The van der Waals surface area contributed by atoms with E-state index < -0.39 is 0 Å². The van der Waals surface area contributed by atoms with E-state index in [0.717, 1.165) is 12.0 Å². The third kappa shape index (κ3) is 4.08. The number of anilines is 2. The lowest BCUT2D eigenvalue weighted by molar-refractivity contribution is 0.0995. The summed E-state index contributed by atoms with van der Waals surface area (Å²) in [4.78, 5) is 24.7. The van der Waals surface area contributed by atoms with Crippen LogP contribution >= 0.6 is 0 Å². The molecule has 140 valence electrons. The van der Waals surface area contributed by atoms with E-state index in [1.54, 1.807) is 47.3 Å². The molecular formula is C20H22N4O3. The number of carbonyl (C=O) groups is 2. The summed E-state index contributed by atoms with van der Waals surface area (Å²) in [5, 5.41) is 9.94. The van der Waals surface area contributed by atoms with Gasteiger partial charge in [0, 0.05) is 17.3 Å². The summed E-state index contributed by atoms with van der Waals surface area (Å²) in [5.41, 5.74) is 1.90. The van der Waals surface area contributed by atoms with Crippen molar-refractivity contribution in [1.29, 1.82) is 0 Å². The van der Waals surface area contributed by atoms with Crippen LogP contribution in [0.15, 0.2) is 53.3 Å². The van der Waals surface area contributed by atoms with Crippen molar-refractivity contribution in [1.82, 2.24) is 9.78 Å². The Hall–Kier alpha value is -3.35. The van der Waals surface area contributed by atoms with E-state index in [1.807, 2.05) is 13.8 Å². The molecule has 0 bridgehead atoms. The third-order valence-corrected chi connectivity index (χ3v) is 4.40. The molecule has 7 heteroatoms. The van der Waals surface area contributed by atoms with Crippen LogP contribution in [0.4, 0.5) is 11.5 Å². The van der Waals surface area contributed by atoms with Crippen molar-refractivity contribution in [3.8, 4) is 0 Å². The Morgan fingerprint density at radius 3 is 2.67 bits per heavy atom. The fourth-order valence-electron chi connectivity index (χ4n) is 2.66. The molecule has 27 heavy (non-hydrogen) atoms. The summed E-state index contributed by atoms with van der Waals surface area (Å²) in [6.45, 7) is 5.94. The van der Waals surface area contributed by atoms with Crippen LogP contribution in [0.2, 0.25) is 0 Å². The number of hydrogen-bond donors (Lipinski definition) is 2. The van der Waals surface area contributed by atoms with Gasteiger partial charge in [-0.1, -0.05) is 6.92 Å². The molecule has 0 aliphatic heterocycles. The van der Waals surface area contributed by atoms with E-state index in [4.69, 9.17) is 4.42 Å². The zero-order valence-electron chi connectivity index (χ0n) is 15.5. The number of carbonyl (C=O) groups excluding carboxylic acids is 2. The van der Waals surface area contributed by atoms with Gasteiger partial charge in [-0.3, -0.25) is 9.59 Å². The number of hydrogen-bond acceptors (Lipinski definition) is 4. The highest BCUT2D eigenvalue weighted by molar-refractivity contribution is 6.05. The Bertz CT molecular complexity index is 944. The van der Waals surface area contributed by atoms with Gasteiger partial charge in [0.05, 0.1) is 18.5 Å². The van der Waals surface area contributed by atoms with Crippen molar-refractivity contribution in [2.24, 2.45) is 0 Å². The van der Waals surface area contributed by atoms with Gasteiger partial charge in [-0.25, -0.2) is 4.68 Å². The summed E-state index contributed by atoms with van der Waals surface area (Å²) in [5.74, 6) is 0.321. The number of aryl methyl sites for hydroxylation is 1. The smallest absolute Gasteiger partial charge is 0.291 e. The van der Waals surface area contributed by atoms with Gasteiger partial charge in [0.15, 0.2) is 5.76 Å². The molecule has 0 aliphatic carbocycles. The fourth-order valence-corrected chi connectivity index (χ4v) is 2.66. The lowest BCUT2D eigenvalue weighted by atomic mass is 10.1. The number of amides is 2. The molecule has 0 unspecified atom stereocenters. The third-order valence-electron chi connectivity index (χ3n) is 4.40. The van der Waals surface area contributed by atoms with E-state index in [0.29, 0.717) is 17.1 Å². The van der Waals surface area contributed by atoms with Crippen LogP contribution < -0.4 is 10.6 Å². The van der Waals surface area contributed by atoms with Gasteiger partial charge in [-0.05, 0) is 56.2 Å². The van der Waals surface area contributed by atoms with Crippen LogP contribution in [0.25, 0.3) is 0 Å². The summed E-state index contributed by atoms with van der Waals surface area (Å²) in [6, 6.07) is 10.3. The second-order valence-corrected chi connectivity index (χ2v) is 6.33. The molecule has 2 amide bonds. The Balaban J connectivity index is 1.72. The first kappa shape index (κ1) is 18.4. The fraction of sp³-hybridized carbons (Fsp3) is 0.250. The standard InChI is InChI=1S/C20H22N4O3/c1-4-14(3)24-18(9-10-21-24)23-19(25)15-7-8-16(13(2)12-15)22-20(26)17-6-5-11-27-17/h5-12,14H,4H2,1-3H3,(H,22,26)(H,23,25)/t14-/m1/s1. The predicted molar refractivity (Wildman–Crippen MR) is 103 cm³/mol. The average Bonchev–Trinajstić information content (AvgIpc) is 3.34. The lowest BCUT2D eigenvalue weighted by Gasteiger charge is -2.14. The number of benzene rings is 1. The van der Waals surface area contributed by atoms with Crippen LogP contribution in [0.1, 0.15) is 52.8 Å². The molecule has 1 atom stereocenters. The Labute approximate surface area is 157 Å². The van der Waals surface area contributed by atoms with E-state index in [1.165, 1.54) is 6.26 Å². The van der Waals surface area contributed by atoms with Crippen molar-refractivity contribution in [2.45, 2.75) is 33.2 Å². The minimum Gasteiger partial charge on any atom is -0.459 e. The average molecular weight is 366 g/mol. The van der Waals surface area contributed by atoms with Crippen LogP contribution in [0.3, 0.4) is 0 Å². The van der Waals surface area contributed by atoms with Gasteiger partial charge in [0.2, 0.25) is 0 Å². The summed E-state index contributed by atoms with van der Waals surface area (Å²) < 4.78 is 6.88. The molecule has 2 aromatic heterocycles. The van der Waals surface area contributed by atoms with Gasteiger partial charge in [-0.15, -0.1) is 0 Å². The van der Waals surface area contributed by atoms with Crippen molar-refractivity contribution in [2.75, 3.05) is 10.6 Å². The zero-order chi connectivity index (χ0) is 19.4. The van der Waals surface area contributed by atoms with Gasteiger partial charge < -0.3 is 15.1 Å². The minimum absolute atomic E-state index is 0.191. The van der Waals surface area contributed by atoms with Crippen molar-refractivity contribution >= 4 is 23.3 Å². The first-order valence-corrected chi connectivity index (χ1v) is 8.80. The Morgan fingerprint density at radius 1 is 1.19 bits per heavy atom. The molecule has 2 heterocycles. The summed E-state index contributed by atoms with van der Waals surface area (Å²) >= 11 is 0. The maximum atomic E-state index is 12.6. The topological polar surface area (TPSA) is 89.2 Å². The number of rotatable bonds is 6. The molecule has 1 aromatic carbocycles. The first-order valence-electron chi connectivity index (χ1n) is 8.80. The molecule has 0 spiro atoms. The van der Waals surface area contributed by atoms with E-state index in [-0.39, 0.29) is 23.6 Å². The second kappa shape index (κ2) is 7.90. The first-order chi connectivity index (χ1) is 13.0. The number of nitrogens with one attached hydrogen (secondary N) is 2. The van der Waals surface area contributed by atoms with E-state index in [2.05, 4.69) is 22.7 Å². The van der Waals surface area contributed by atoms with Gasteiger partial charge >= 0.3 is 0 Å². The second-order valence-electron chi connectivity index (χ2n) is 6.33.